The molecule has 0 saturated heterocycles. The van der Waals surface area contributed by atoms with Crippen LogP contribution in [0.15, 0.2) is 18.3 Å². The Bertz CT molecular complexity index is 446. The van der Waals surface area contributed by atoms with Crippen LogP contribution in [0.5, 0.6) is 0 Å². The second-order valence-electron chi connectivity index (χ2n) is 3.07. The van der Waals surface area contributed by atoms with E-state index in [1.54, 1.807) is 10.5 Å². The Kier molecular flexibility index (Phi) is 3.83. The lowest BCUT2D eigenvalue weighted by atomic mass is 10.3. The minimum absolute atomic E-state index is 0.226. The lowest BCUT2D eigenvalue weighted by Gasteiger charge is -1.95. The number of hydrogen-bond acceptors (Lipinski definition) is 1. The molecule has 0 aliphatic rings. The van der Waals surface area contributed by atoms with E-state index in [1.165, 1.54) is 12.3 Å². The maximum Gasteiger partial charge on any atom is 0.139 e. The normalized spacial score (nSPS) is 9.93. The molecular formula is C12H17FN2. The maximum absolute atomic E-state index is 12.9. The van der Waals surface area contributed by atoms with Gasteiger partial charge in [-0.1, -0.05) is 20.8 Å². The van der Waals surface area contributed by atoms with Gasteiger partial charge in [-0.2, -0.15) is 0 Å². The van der Waals surface area contributed by atoms with Crippen LogP contribution in [-0.4, -0.2) is 9.38 Å². The Labute approximate surface area is 89.8 Å². The van der Waals surface area contributed by atoms with Crippen LogP contribution in [0.2, 0.25) is 0 Å². The van der Waals surface area contributed by atoms with Crippen molar-refractivity contribution in [3.63, 3.8) is 0 Å². The second-order valence-corrected chi connectivity index (χ2v) is 3.07. The van der Waals surface area contributed by atoms with Crippen LogP contribution in [0.3, 0.4) is 0 Å². The smallest absolute Gasteiger partial charge is 0.139 e. The average molecular weight is 208 g/mol. The number of aryl methyl sites for hydroxylation is 2. The summed E-state index contributed by atoms with van der Waals surface area (Å²) in [4.78, 5) is 4.37. The van der Waals surface area contributed by atoms with Crippen molar-refractivity contribution in [1.82, 2.24) is 9.38 Å². The molecule has 3 heteroatoms. The highest BCUT2D eigenvalue weighted by Gasteiger charge is 2.05. The zero-order chi connectivity index (χ0) is 11.4. The minimum Gasteiger partial charge on any atom is -0.301 e. The molecule has 0 saturated carbocycles. The number of rotatable bonds is 1. The zero-order valence-electron chi connectivity index (χ0n) is 9.71. The molecule has 0 N–H and O–H groups in total. The van der Waals surface area contributed by atoms with Gasteiger partial charge in [-0.25, -0.2) is 9.37 Å². The molecule has 0 amide bonds. The van der Waals surface area contributed by atoms with Gasteiger partial charge in [0.1, 0.15) is 11.5 Å². The van der Waals surface area contributed by atoms with Gasteiger partial charge in [-0.3, -0.25) is 0 Å². The van der Waals surface area contributed by atoms with Crippen LogP contribution >= 0.6 is 0 Å². The fourth-order valence-electron chi connectivity index (χ4n) is 1.52. The van der Waals surface area contributed by atoms with E-state index >= 15 is 0 Å². The van der Waals surface area contributed by atoms with Crippen molar-refractivity contribution in [3.8, 4) is 0 Å². The maximum atomic E-state index is 12.9. The molecule has 2 nitrogen and oxygen atoms in total. The van der Waals surface area contributed by atoms with E-state index in [0.717, 1.165) is 23.5 Å². The first-order chi connectivity index (χ1) is 7.22. The number of nitrogens with zero attached hydrogens (tertiary/aromatic N) is 2. The summed E-state index contributed by atoms with van der Waals surface area (Å²) in [7, 11) is 0. The summed E-state index contributed by atoms with van der Waals surface area (Å²) in [6.45, 7) is 8.00. The summed E-state index contributed by atoms with van der Waals surface area (Å²) in [5, 5.41) is 0. The summed E-state index contributed by atoms with van der Waals surface area (Å²) in [5.41, 5.74) is 2.87. The number of imidazole rings is 1. The molecule has 0 atom stereocenters. The van der Waals surface area contributed by atoms with Crippen molar-refractivity contribution in [2.75, 3.05) is 0 Å². The molecule has 0 radical (unpaired) electrons. The summed E-state index contributed by atoms with van der Waals surface area (Å²) in [6, 6.07) is 3.13. The number of fused-ring (bicyclic) bond motifs is 1. The SMILES string of the molecule is CC.CCc1nc2ccc(F)cn2c1C. The molecule has 0 aliphatic carbocycles. The summed E-state index contributed by atoms with van der Waals surface area (Å²) < 4.78 is 14.7. The monoisotopic (exact) mass is 208 g/mol. The lowest BCUT2D eigenvalue weighted by Crippen LogP contribution is -1.89. The molecule has 82 valence electrons. The molecular weight excluding hydrogens is 191 g/mol. The first-order valence-corrected chi connectivity index (χ1v) is 5.35. The summed E-state index contributed by atoms with van der Waals surface area (Å²) in [5.74, 6) is -0.226. The van der Waals surface area contributed by atoms with Crippen LogP contribution in [0, 0.1) is 12.7 Å². The van der Waals surface area contributed by atoms with E-state index in [9.17, 15) is 4.39 Å². The quantitative estimate of drug-likeness (QED) is 0.702. The van der Waals surface area contributed by atoms with Gasteiger partial charge in [0.25, 0.3) is 0 Å². The van der Waals surface area contributed by atoms with Crippen LogP contribution < -0.4 is 0 Å². The predicted molar refractivity (Wildman–Crippen MR) is 60.6 cm³/mol. The summed E-state index contributed by atoms with van der Waals surface area (Å²) >= 11 is 0. The van der Waals surface area contributed by atoms with Gasteiger partial charge in [0, 0.05) is 11.9 Å². The third-order valence-electron chi connectivity index (χ3n) is 2.25. The molecule has 15 heavy (non-hydrogen) atoms. The highest BCUT2D eigenvalue weighted by atomic mass is 19.1. The molecule has 0 unspecified atom stereocenters. The van der Waals surface area contributed by atoms with Crippen LogP contribution in [0.1, 0.15) is 32.2 Å². The molecule has 0 spiro atoms. The molecule has 0 bridgehead atoms. The van der Waals surface area contributed by atoms with Gasteiger partial charge in [0.15, 0.2) is 0 Å². The first kappa shape index (κ1) is 11.7. The van der Waals surface area contributed by atoms with Gasteiger partial charge in [0.05, 0.1) is 5.69 Å². The van der Waals surface area contributed by atoms with Crippen molar-refractivity contribution in [2.45, 2.75) is 34.1 Å². The molecule has 2 heterocycles. The second kappa shape index (κ2) is 4.91. The Hall–Kier alpha value is -1.38. The fraction of sp³-hybridized carbons (Fsp3) is 0.417. The van der Waals surface area contributed by atoms with Crippen molar-refractivity contribution in [2.24, 2.45) is 0 Å². The Balaban J connectivity index is 0.000000531. The van der Waals surface area contributed by atoms with Crippen LogP contribution in [-0.2, 0) is 6.42 Å². The van der Waals surface area contributed by atoms with E-state index < -0.39 is 0 Å². The number of hydrogen-bond donors (Lipinski definition) is 0. The van der Waals surface area contributed by atoms with Gasteiger partial charge in [0.2, 0.25) is 0 Å². The van der Waals surface area contributed by atoms with Gasteiger partial charge >= 0.3 is 0 Å². The van der Waals surface area contributed by atoms with Crippen molar-refractivity contribution in [3.05, 3.63) is 35.5 Å². The predicted octanol–water partition coefficient (Wildman–Crippen LogP) is 3.37. The number of aromatic nitrogens is 2. The third-order valence-corrected chi connectivity index (χ3v) is 2.25. The Morgan fingerprint density at radius 1 is 1.33 bits per heavy atom. The van der Waals surface area contributed by atoms with E-state index in [1.807, 2.05) is 27.7 Å². The minimum atomic E-state index is -0.226. The highest BCUT2D eigenvalue weighted by Crippen LogP contribution is 2.12. The first-order valence-electron chi connectivity index (χ1n) is 5.35. The lowest BCUT2D eigenvalue weighted by molar-refractivity contribution is 0.618. The fourth-order valence-corrected chi connectivity index (χ4v) is 1.52. The van der Waals surface area contributed by atoms with E-state index in [2.05, 4.69) is 4.98 Å². The van der Waals surface area contributed by atoms with E-state index in [-0.39, 0.29) is 5.82 Å². The van der Waals surface area contributed by atoms with Crippen molar-refractivity contribution in [1.29, 1.82) is 0 Å². The highest BCUT2D eigenvalue weighted by molar-refractivity contribution is 5.42. The van der Waals surface area contributed by atoms with E-state index in [0.29, 0.717) is 0 Å². The van der Waals surface area contributed by atoms with Gasteiger partial charge < -0.3 is 4.40 Å². The molecule has 2 aromatic heterocycles. The zero-order valence-corrected chi connectivity index (χ0v) is 9.71. The van der Waals surface area contributed by atoms with Crippen molar-refractivity contribution >= 4 is 5.65 Å². The molecule has 0 fully saturated rings. The van der Waals surface area contributed by atoms with Crippen molar-refractivity contribution < 1.29 is 4.39 Å². The Morgan fingerprint density at radius 3 is 2.60 bits per heavy atom. The summed E-state index contributed by atoms with van der Waals surface area (Å²) in [6.07, 6.45) is 2.35. The van der Waals surface area contributed by atoms with Gasteiger partial charge in [-0.05, 0) is 25.5 Å². The van der Waals surface area contributed by atoms with Crippen LogP contribution in [0.25, 0.3) is 5.65 Å². The molecule has 2 aromatic rings. The largest absolute Gasteiger partial charge is 0.301 e. The topological polar surface area (TPSA) is 17.3 Å². The number of pyridine rings is 1. The molecule has 0 aromatic carbocycles. The Morgan fingerprint density at radius 2 is 2.00 bits per heavy atom. The molecule has 2 rings (SSSR count). The van der Waals surface area contributed by atoms with Crippen LogP contribution in [0.4, 0.5) is 4.39 Å². The standard InChI is InChI=1S/C10H11FN2.C2H6/c1-3-9-7(2)13-6-8(11)4-5-10(13)12-9;1-2/h4-6H,3H2,1-2H3;1-2H3. The average Bonchev–Trinajstić information content (AvgIpc) is 2.59. The third kappa shape index (κ3) is 2.17. The van der Waals surface area contributed by atoms with E-state index in [4.69, 9.17) is 0 Å². The van der Waals surface area contributed by atoms with Gasteiger partial charge in [-0.15, -0.1) is 0 Å². The molecule has 0 aliphatic heterocycles. The number of halogens is 1.